The Morgan fingerprint density at radius 3 is 2.19 bits per heavy atom. The van der Waals surface area contributed by atoms with Crippen LogP contribution in [-0.4, -0.2) is 15.8 Å². The number of non-ortho nitro benzene ring substituents is 1. The lowest BCUT2D eigenvalue weighted by atomic mass is 9.96. The fourth-order valence-corrected chi connectivity index (χ4v) is 1.88. The van der Waals surface area contributed by atoms with E-state index in [1.165, 1.54) is 24.3 Å². The van der Waals surface area contributed by atoms with Crippen LogP contribution in [0.1, 0.15) is 22.0 Å². The number of ketones is 1. The number of benzene rings is 2. The molecule has 0 aromatic heterocycles. The molecule has 0 heterocycles. The first-order valence-electron chi connectivity index (χ1n) is 6.21. The van der Waals surface area contributed by atoms with Gasteiger partial charge in [0.15, 0.2) is 5.78 Å². The first-order valence-corrected chi connectivity index (χ1v) is 6.21. The van der Waals surface area contributed by atoms with Crippen molar-refractivity contribution in [2.75, 3.05) is 0 Å². The minimum Gasteiger partial charge on any atom is -0.384 e. The van der Waals surface area contributed by atoms with Gasteiger partial charge in [0.25, 0.3) is 5.69 Å². The van der Waals surface area contributed by atoms with Gasteiger partial charge in [-0.3, -0.25) is 14.9 Å². The predicted octanol–water partition coefficient (Wildman–Crippen LogP) is 3.07. The molecule has 0 spiro atoms. The van der Waals surface area contributed by atoms with Crippen LogP contribution in [0.3, 0.4) is 0 Å². The quantitative estimate of drug-likeness (QED) is 0.396. The molecule has 5 nitrogen and oxygen atoms in total. The van der Waals surface area contributed by atoms with Gasteiger partial charge in [-0.2, -0.15) is 0 Å². The summed E-state index contributed by atoms with van der Waals surface area (Å²) in [6.45, 7) is 3.63. The van der Waals surface area contributed by atoms with Gasteiger partial charge in [-0.1, -0.05) is 36.9 Å². The maximum absolute atomic E-state index is 12.2. The first-order chi connectivity index (χ1) is 10.0. The molecule has 0 fully saturated rings. The number of carbonyl (C=O) groups is 1. The molecule has 0 bridgehead atoms. The van der Waals surface area contributed by atoms with E-state index in [0.717, 1.165) is 0 Å². The van der Waals surface area contributed by atoms with Gasteiger partial charge in [0.2, 0.25) is 0 Å². The third-order valence-corrected chi connectivity index (χ3v) is 3.08. The summed E-state index contributed by atoms with van der Waals surface area (Å²) in [6.07, 6.45) is -1.10. The number of hydrogen-bond donors (Lipinski definition) is 1. The summed E-state index contributed by atoms with van der Waals surface area (Å²) in [5.41, 5.74) is 0.745. The molecule has 21 heavy (non-hydrogen) atoms. The second kappa shape index (κ2) is 6.11. The molecule has 1 atom stereocenters. The zero-order chi connectivity index (χ0) is 15.4. The van der Waals surface area contributed by atoms with E-state index in [2.05, 4.69) is 6.58 Å². The SMILES string of the molecule is C=C(C(=O)c1ccc([N+](=O)[O-])cc1)[C@@H](O)c1ccccc1. The number of aliphatic hydroxyl groups is 1. The van der Waals surface area contributed by atoms with Crippen molar-refractivity contribution in [3.63, 3.8) is 0 Å². The number of nitro benzene ring substituents is 1. The van der Waals surface area contributed by atoms with Crippen LogP contribution in [0.15, 0.2) is 66.7 Å². The van der Waals surface area contributed by atoms with Crippen molar-refractivity contribution < 1.29 is 14.8 Å². The Labute approximate surface area is 121 Å². The molecule has 0 aliphatic rings. The molecular formula is C16H13NO4. The number of carbonyl (C=O) groups excluding carboxylic acids is 1. The number of Topliss-reactive ketones (excluding diaryl/α,β-unsaturated/α-hetero) is 1. The van der Waals surface area contributed by atoms with Crippen molar-refractivity contribution in [1.29, 1.82) is 0 Å². The largest absolute Gasteiger partial charge is 0.384 e. The highest BCUT2D eigenvalue weighted by Gasteiger charge is 2.20. The highest BCUT2D eigenvalue weighted by atomic mass is 16.6. The Morgan fingerprint density at radius 1 is 1.10 bits per heavy atom. The number of hydrogen-bond acceptors (Lipinski definition) is 4. The Hall–Kier alpha value is -2.79. The van der Waals surface area contributed by atoms with Crippen molar-refractivity contribution in [2.45, 2.75) is 6.10 Å². The van der Waals surface area contributed by atoms with E-state index in [1.807, 2.05) is 0 Å². The van der Waals surface area contributed by atoms with Crippen LogP contribution in [0.5, 0.6) is 0 Å². The molecule has 2 rings (SSSR count). The molecular weight excluding hydrogens is 270 g/mol. The Bertz CT molecular complexity index is 677. The second-order valence-corrected chi connectivity index (χ2v) is 4.47. The van der Waals surface area contributed by atoms with E-state index in [9.17, 15) is 20.0 Å². The third-order valence-electron chi connectivity index (χ3n) is 3.08. The monoisotopic (exact) mass is 283 g/mol. The van der Waals surface area contributed by atoms with Crippen molar-refractivity contribution in [3.05, 3.63) is 88.0 Å². The van der Waals surface area contributed by atoms with Gasteiger partial charge in [0.1, 0.15) is 6.10 Å². The van der Waals surface area contributed by atoms with Crippen molar-refractivity contribution in [1.82, 2.24) is 0 Å². The van der Waals surface area contributed by atoms with Crippen LogP contribution in [0, 0.1) is 10.1 Å². The average Bonchev–Trinajstić information content (AvgIpc) is 2.53. The van der Waals surface area contributed by atoms with Gasteiger partial charge in [0.05, 0.1) is 4.92 Å². The Morgan fingerprint density at radius 2 is 1.67 bits per heavy atom. The molecule has 0 amide bonds. The molecule has 1 N–H and O–H groups in total. The third kappa shape index (κ3) is 3.21. The van der Waals surface area contributed by atoms with Gasteiger partial charge in [0, 0.05) is 23.3 Å². The van der Waals surface area contributed by atoms with Gasteiger partial charge < -0.3 is 5.11 Å². The minimum atomic E-state index is -1.10. The molecule has 0 aliphatic carbocycles. The van der Waals surface area contributed by atoms with E-state index in [0.29, 0.717) is 5.56 Å². The summed E-state index contributed by atoms with van der Waals surface area (Å²) in [4.78, 5) is 22.2. The van der Waals surface area contributed by atoms with Crippen LogP contribution < -0.4 is 0 Å². The van der Waals surface area contributed by atoms with Crippen molar-refractivity contribution in [3.8, 4) is 0 Å². The van der Waals surface area contributed by atoms with E-state index >= 15 is 0 Å². The number of nitro groups is 1. The topological polar surface area (TPSA) is 80.4 Å². The molecule has 5 heteroatoms. The number of nitrogens with zero attached hydrogens (tertiary/aromatic N) is 1. The summed E-state index contributed by atoms with van der Waals surface area (Å²) >= 11 is 0. The molecule has 0 saturated heterocycles. The predicted molar refractivity (Wildman–Crippen MR) is 78.0 cm³/mol. The number of rotatable bonds is 5. The minimum absolute atomic E-state index is 0.0232. The lowest BCUT2D eigenvalue weighted by molar-refractivity contribution is -0.384. The van der Waals surface area contributed by atoms with Crippen LogP contribution in [0.2, 0.25) is 0 Å². The fourth-order valence-electron chi connectivity index (χ4n) is 1.88. The lowest BCUT2D eigenvalue weighted by Crippen LogP contribution is -2.11. The molecule has 0 aliphatic heterocycles. The molecule has 0 radical (unpaired) electrons. The zero-order valence-corrected chi connectivity index (χ0v) is 11.1. The molecule has 2 aromatic carbocycles. The summed E-state index contributed by atoms with van der Waals surface area (Å²) < 4.78 is 0. The first kappa shape index (κ1) is 14.6. The van der Waals surface area contributed by atoms with E-state index < -0.39 is 16.8 Å². The van der Waals surface area contributed by atoms with Gasteiger partial charge >= 0.3 is 0 Å². The van der Waals surface area contributed by atoms with E-state index in [-0.39, 0.29) is 16.8 Å². The van der Waals surface area contributed by atoms with Gasteiger partial charge in [-0.05, 0) is 17.7 Å². The average molecular weight is 283 g/mol. The highest BCUT2D eigenvalue weighted by Crippen LogP contribution is 2.24. The van der Waals surface area contributed by atoms with Crippen LogP contribution in [-0.2, 0) is 0 Å². The molecule has 0 unspecified atom stereocenters. The maximum atomic E-state index is 12.2. The summed E-state index contributed by atoms with van der Waals surface area (Å²) in [7, 11) is 0. The van der Waals surface area contributed by atoms with Crippen molar-refractivity contribution in [2.24, 2.45) is 0 Å². The Kier molecular flexibility index (Phi) is 4.25. The Balaban J connectivity index is 2.19. The van der Waals surface area contributed by atoms with E-state index in [4.69, 9.17) is 0 Å². The highest BCUT2D eigenvalue weighted by molar-refractivity contribution is 6.09. The van der Waals surface area contributed by atoms with Gasteiger partial charge in [-0.15, -0.1) is 0 Å². The summed E-state index contributed by atoms with van der Waals surface area (Å²) in [6, 6.07) is 13.9. The maximum Gasteiger partial charge on any atom is 0.269 e. The molecule has 0 saturated carbocycles. The second-order valence-electron chi connectivity index (χ2n) is 4.47. The fraction of sp³-hybridized carbons (Fsp3) is 0.0625. The van der Waals surface area contributed by atoms with Gasteiger partial charge in [-0.25, -0.2) is 0 Å². The van der Waals surface area contributed by atoms with Crippen LogP contribution >= 0.6 is 0 Å². The van der Waals surface area contributed by atoms with E-state index in [1.54, 1.807) is 30.3 Å². The standard InChI is InChI=1S/C16H13NO4/c1-11(15(18)12-5-3-2-4-6-12)16(19)13-7-9-14(10-8-13)17(20)21/h2-10,15,18H,1H2/t15-/m1/s1. The molecule has 2 aromatic rings. The van der Waals surface area contributed by atoms with Crippen molar-refractivity contribution >= 4 is 11.5 Å². The lowest BCUT2D eigenvalue weighted by Gasteiger charge is -2.13. The zero-order valence-electron chi connectivity index (χ0n) is 11.1. The van der Waals surface area contributed by atoms with Crippen LogP contribution in [0.4, 0.5) is 5.69 Å². The summed E-state index contributed by atoms with van der Waals surface area (Å²) in [5.74, 6) is -0.443. The normalized spacial score (nSPS) is 11.7. The summed E-state index contributed by atoms with van der Waals surface area (Å²) in [5, 5.41) is 20.7. The smallest absolute Gasteiger partial charge is 0.269 e. The number of aliphatic hydroxyl groups excluding tert-OH is 1. The molecule has 106 valence electrons. The van der Waals surface area contributed by atoms with Crippen LogP contribution in [0.25, 0.3) is 0 Å².